The zero-order chi connectivity index (χ0) is 13.5. The minimum absolute atomic E-state index is 0.0948. The fourth-order valence-corrected chi connectivity index (χ4v) is 1.85. The van der Waals surface area contributed by atoms with Gasteiger partial charge in [-0.2, -0.15) is 0 Å². The van der Waals surface area contributed by atoms with Gasteiger partial charge in [0.1, 0.15) is 5.82 Å². The maximum atomic E-state index is 12.8. The van der Waals surface area contributed by atoms with Crippen molar-refractivity contribution in [1.29, 1.82) is 0 Å². The molecular formula is C12H14BrFN2O2. The van der Waals surface area contributed by atoms with E-state index >= 15 is 0 Å². The maximum Gasteiger partial charge on any atom is 0.252 e. The number of benzene rings is 1. The molecule has 0 spiro atoms. The second-order valence-corrected chi connectivity index (χ2v) is 4.57. The smallest absolute Gasteiger partial charge is 0.252 e. The largest absolute Gasteiger partial charge is 0.356 e. The standard InChI is InChI=1S/C12H14BrFN2O2/c1-8(17)15-5-2-6-16-12(18)10-4-3-9(14)7-11(10)13/h3-4,7H,2,5-6H2,1H3,(H,15,17)(H,16,18). The lowest BCUT2D eigenvalue weighted by Gasteiger charge is -2.07. The lowest BCUT2D eigenvalue weighted by Crippen LogP contribution is -2.29. The van der Waals surface area contributed by atoms with Gasteiger partial charge in [-0.15, -0.1) is 0 Å². The molecule has 2 N–H and O–H groups in total. The van der Waals surface area contributed by atoms with Crippen molar-refractivity contribution in [3.8, 4) is 0 Å². The van der Waals surface area contributed by atoms with Gasteiger partial charge in [-0.3, -0.25) is 9.59 Å². The molecule has 98 valence electrons. The summed E-state index contributed by atoms with van der Waals surface area (Å²) < 4.78 is 13.3. The first-order chi connectivity index (χ1) is 8.50. The molecule has 2 amide bonds. The second-order valence-electron chi connectivity index (χ2n) is 3.72. The Bertz CT molecular complexity index is 452. The Morgan fingerprint density at radius 3 is 2.56 bits per heavy atom. The Kier molecular flexibility index (Phi) is 5.77. The molecule has 0 bridgehead atoms. The van der Waals surface area contributed by atoms with Crippen LogP contribution in [-0.2, 0) is 4.79 Å². The van der Waals surface area contributed by atoms with E-state index in [1.807, 2.05) is 0 Å². The quantitative estimate of drug-likeness (QED) is 0.814. The van der Waals surface area contributed by atoms with Crippen LogP contribution in [0.25, 0.3) is 0 Å². The van der Waals surface area contributed by atoms with Gasteiger partial charge in [-0.05, 0) is 40.5 Å². The Balaban J connectivity index is 2.39. The molecule has 0 saturated carbocycles. The number of hydrogen-bond donors (Lipinski definition) is 2. The van der Waals surface area contributed by atoms with Crippen molar-refractivity contribution >= 4 is 27.7 Å². The van der Waals surface area contributed by atoms with Gasteiger partial charge in [0.15, 0.2) is 0 Å². The van der Waals surface area contributed by atoms with Crippen molar-refractivity contribution in [2.24, 2.45) is 0 Å². The van der Waals surface area contributed by atoms with Crippen molar-refractivity contribution in [1.82, 2.24) is 10.6 Å². The lowest BCUT2D eigenvalue weighted by atomic mass is 10.2. The predicted octanol–water partition coefficient (Wildman–Crippen LogP) is 1.84. The van der Waals surface area contributed by atoms with E-state index < -0.39 is 5.82 Å². The molecule has 0 aliphatic rings. The van der Waals surface area contributed by atoms with Crippen LogP contribution >= 0.6 is 15.9 Å². The Morgan fingerprint density at radius 2 is 1.94 bits per heavy atom. The van der Waals surface area contributed by atoms with E-state index in [0.29, 0.717) is 29.5 Å². The van der Waals surface area contributed by atoms with Gasteiger partial charge in [-0.25, -0.2) is 4.39 Å². The molecular weight excluding hydrogens is 303 g/mol. The molecule has 0 aliphatic heterocycles. The van der Waals surface area contributed by atoms with Gasteiger partial charge in [0.25, 0.3) is 5.91 Å². The highest BCUT2D eigenvalue weighted by Gasteiger charge is 2.09. The minimum Gasteiger partial charge on any atom is -0.356 e. The number of carbonyl (C=O) groups is 2. The fourth-order valence-electron chi connectivity index (χ4n) is 1.32. The molecule has 1 aromatic rings. The zero-order valence-electron chi connectivity index (χ0n) is 9.93. The van der Waals surface area contributed by atoms with Crippen molar-refractivity contribution in [2.75, 3.05) is 13.1 Å². The van der Waals surface area contributed by atoms with Gasteiger partial charge in [0.05, 0.1) is 5.56 Å². The minimum atomic E-state index is -0.399. The van der Waals surface area contributed by atoms with Crippen molar-refractivity contribution < 1.29 is 14.0 Å². The number of nitrogens with one attached hydrogen (secondary N) is 2. The number of hydrogen-bond acceptors (Lipinski definition) is 2. The molecule has 0 aliphatic carbocycles. The summed E-state index contributed by atoms with van der Waals surface area (Å²) in [5.74, 6) is -0.767. The molecule has 18 heavy (non-hydrogen) atoms. The molecule has 0 heterocycles. The number of carbonyl (C=O) groups excluding carboxylic acids is 2. The summed E-state index contributed by atoms with van der Waals surface area (Å²) >= 11 is 3.13. The first kappa shape index (κ1) is 14.6. The molecule has 0 radical (unpaired) electrons. The maximum absolute atomic E-state index is 12.8. The average Bonchev–Trinajstić information content (AvgIpc) is 2.27. The van der Waals surface area contributed by atoms with E-state index in [4.69, 9.17) is 0 Å². The average molecular weight is 317 g/mol. The highest BCUT2D eigenvalue weighted by Crippen LogP contribution is 2.17. The third kappa shape index (κ3) is 4.83. The third-order valence-corrected chi connectivity index (χ3v) is 2.84. The molecule has 0 aromatic heterocycles. The second kappa shape index (κ2) is 7.10. The SMILES string of the molecule is CC(=O)NCCCNC(=O)c1ccc(F)cc1Br. The molecule has 1 aromatic carbocycles. The van der Waals surface area contributed by atoms with Crippen molar-refractivity contribution in [3.63, 3.8) is 0 Å². The Morgan fingerprint density at radius 1 is 1.28 bits per heavy atom. The summed E-state index contributed by atoms with van der Waals surface area (Å²) in [6.45, 7) is 2.40. The number of amides is 2. The summed E-state index contributed by atoms with van der Waals surface area (Å²) in [5.41, 5.74) is 0.385. The van der Waals surface area contributed by atoms with E-state index in [-0.39, 0.29) is 11.8 Å². The monoisotopic (exact) mass is 316 g/mol. The van der Waals surface area contributed by atoms with Crippen LogP contribution in [0.15, 0.2) is 22.7 Å². The Hall–Kier alpha value is -1.43. The summed E-state index contributed by atoms with van der Waals surface area (Å²) in [4.78, 5) is 22.3. The Labute approximate surface area is 113 Å². The predicted molar refractivity (Wildman–Crippen MR) is 69.7 cm³/mol. The summed E-state index contributed by atoms with van der Waals surface area (Å²) in [5, 5.41) is 5.32. The summed E-state index contributed by atoms with van der Waals surface area (Å²) in [6.07, 6.45) is 0.643. The van der Waals surface area contributed by atoms with Crippen LogP contribution in [0.2, 0.25) is 0 Å². The molecule has 0 atom stereocenters. The fraction of sp³-hybridized carbons (Fsp3) is 0.333. The van der Waals surface area contributed by atoms with Crippen LogP contribution in [0.5, 0.6) is 0 Å². The van der Waals surface area contributed by atoms with E-state index in [9.17, 15) is 14.0 Å². The van der Waals surface area contributed by atoms with Crippen LogP contribution in [0.3, 0.4) is 0 Å². The van der Waals surface area contributed by atoms with Crippen LogP contribution in [-0.4, -0.2) is 24.9 Å². The first-order valence-corrected chi connectivity index (χ1v) is 6.27. The number of rotatable bonds is 5. The third-order valence-electron chi connectivity index (χ3n) is 2.19. The summed E-state index contributed by atoms with van der Waals surface area (Å²) in [6, 6.07) is 3.89. The van der Waals surface area contributed by atoms with Gasteiger partial charge in [-0.1, -0.05) is 0 Å². The van der Waals surface area contributed by atoms with E-state index in [1.54, 1.807) is 0 Å². The van der Waals surface area contributed by atoms with E-state index in [2.05, 4.69) is 26.6 Å². The zero-order valence-corrected chi connectivity index (χ0v) is 11.5. The van der Waals surface area contributed by atoms with Crippen molar-refractivity contribution in [3.05, 3.63) is 34.1 Å². The van der Waals surface area contributed by atoms with Crippen LogP contribution in [0.4, 0.5) is 4.39 Å². The van der Waals surface area contributed by atoms with Crippen LogP contribution < -0.4 is 10.6 Å². The molecule has 4 nitrogen and oxygen atoms in total. The van der Waals surface area contributed by atoms with Crippen LogP contribution in [0, 0.1) is 5.82 Å². The topological polar surface area (TPSA) is 58.2 Å². The molecule has 1 rings (SSSR count). The molecule has 0 fully saturated rings. The van der Waals surface area contributed by atoms with Gasteiger partial charge in [0, 0.05) is 24.5 Å². The summed E-state index contributed by atoms with van der Waals surface area (Å²) in [7, 11) is 0. The first-order valence-electron chi connectivity index (χ1n) is 5.48. The van der Waals surface area contributed by atoms with Gasteiger partial charge in [0.2, 0.25) is 5.91 Å². The normalized spacial score (nSPS) is 9.94. The van der Waals surface area contributed by atoms with Crippen molar-refractivity contribution in [2.45, 2.75) is 13.3 Å². The van der Waals surface area contributed by atoms with Gasteiger partial charge < -0.3 is 10.6 Å². The van der Waals surface area contributed by atoms with Gasteiger partial charge >= 0.3 is 0 Å². The molecule has 0 unspecified atom stereocenters. The van der Waals surface area contributed by atoms with E-state index in [1.165, 1.54) is 25.1 Å². The highest BCUT2D eigenvalue weighted by atomic mass is 79.9. The molecule has 0 saturated heterocycles. The number of halogens is 2. The van der Waals surface area contributed by atoms with Crippen LogP contribution in [0.1, 0.15) is 23.7 Å². The molecule has 6 heteroatoms. The highest BCUT2D eigenvalue weighted by molar-refractivity contribution is 9.10. The van der Waals surface area contributed by atoms with E-state index in [0.717, 1.165) is 0 Å². The lowest BCUT2D eigenvalue weighted by molar-refractivity contribution is -0.118.